The van der Waals surface area contributed by atoms with Crippen molar-refractivity contribution < 1.29 is 0 Å². The molecule has 2 aromatic carbocycles. The third kappa shape index (κ3) is 2.59. The largest absolute Gasteiger partial charge is 0.264 e. The van der Waals surface area contributed by atoms with E-state index in [0.717, 1.165) is 28.1 Å². The van der Waals surface area contributed by atoms with E-state index < -0.39 is 0 Å². The van der Waals surface area contributed by atoms with Gasteiger partial charge in [-0.1, -0.05) is 48.5 Å². The number of rotatable bonds is 3. The van der Waals surface area contributed by atoms with Gasteiger partial charge in [0.1, 0.15) is 0 Å². The Morgan fingerprint density at radius 1 is 0.808 bits per heavy atom. The molecule has 0 saturated heterocycles. The first-order chi connectivity index (χ1) is 12.9. The summed E-state index contributed by atoms with van der Waals surface area (Å²) >= 11 is 0. The van der Waals surface area contributed by atoms with Crippen molar-refractivity contribution in [3.05, 3.63) is 90.5 Å². The predicted octanol–water partition coefficient (Wildman–Crippen LogP) is 3.93. The zero-order valence-corrected chi connectivity index (χ0v) is 13.9. The topological polar surface area (TPSA) is 56.0 Å². The van der Waals surface area contributed by atoms with E-state index in [2.05, 4.69) is 45.5 Å². The zero-order chi connectivity index (χ0) is 17.3. The number of aromatic nitrogens is 5. The maximum absolute atomic E-state index is 4.75. The molecule has 3 heterocycles. The molecule has 5 rings (SSSR count). The summed E-state index contributed by atoms with van der Waals surface area (Å²) in [5, 5.41) is 15.6. The Balaban J connectivity index is 1.55. The van der Waals surface area contributed by atoms with Gasteiger partial charge in [-0.05, 0) is 29.1 Å². The molecule has 0 radical (unpaired) electrons. The summed E-state index contributed by atoms with van der Waals surface area (Å²) in [6.07, 6.45) is 4.36. The molecular weight excluding hydrogens is 322 g/mol. The van der Waals surface area contributed by atoms with E-state index in [-0.39, 0.29) is 0 Å². The van der Waals surface area contributed by atoms with Crippen LogP contribution >= 0.6 is 0 Å². The second-order valence-corrected chi connectivity index (χ2v) is 6.20. The average Bonchev–Trinajstić information content (AvgIpc) is 3.10. The van der Waals surface area contributed by atoms with Gasteiger partial charge >= 0.3 is 0 Å². The molecule has 0 fully saturated rings. The van der Waals surface area contributed by atoms with Crippen LogP contribution in [0.25, 0.3) is 27.7 Å². The van der Waals surface area contributed by atoms with Crippen LogP contribution in [0, 0.1) is 0 Å². The fourth-order valence-electron chi connectivity index (χ4n) is 3.13. The summed E-state index contributed by atoms with van der Waals surface area (Å²) in [7, 11) is 0. The van der Waals surface area contributed by atoms with Gasteiger partial charge in [-0.15, -0.1) is 10.2 Å². The molecule has 0 aliphatic rings. The minimum atomic E-state index is 0.671. The summed E-state index contributed by atoms with van der Waals surface area (Å²) in [5.74, 6) is 0.825. The van der Waals surface area contributed by atoms with E-state index >= 15 is 0 Å². The van der Waals surface area contributed by atoms with E-state index in [1.165, 1.54) is 10.9 Å². The Labute approximate surface area is 150 Å². The van der Waals surface area contributed by atoms with Crippen LogP contribution in [0.4, 0.5) is 0 Å². The molecule has 0 aliphatic carbocycles. The molecule has 0 aliphatic heterocycles. The predicted molar refractivity (Wildman–Crippen MR) is 101 cm³/mol. The maximum atomic E-state index is 4.75. The SMILES string of the molecule is c1ccc(-c2ccc3nnc(Cc4ccc5cnccc5c4)n3n2)cc1. The minimum Gasteiger partial charge on any atom is -0.264 e. The second kappa shape index (κ2) is 6.04. The molecule has 0 atom stereocenters. The number of hydrogen-bond acceptors (Lipinski definition) is 4. The molecule has 3 aromatic heterocycles. The van der Waals surface area contributed by atoms with Crippen molar-refractivity contribution in [1.29, 1.82) is 0 Å². The molecule has 0 bridgehead atoms. The number of benzene rings is 2. The van der Waals surface area contributed by atoms with Gasteiger partial charge in [-0.25, -0.2) is 0 Å². The quantitative estimate of drug-likeness (QED) is 0.500. The van der Waals surface area contributed by atoms with Crippen molar-refractivity contribution >= 4 is 16.4 Å². The third-order valence-electron chi connectivity index (χ3n) is 4.46. The molecule has 0 amide bonds. The van der Waals surface area contributed by atoms with Gasteiger partial charge in [-0.2, -0.15) is 9.61 Å². The van der Waals surface area contributed by atoms with Gasteiger partial charge in [0.05, 0.1) is 5.69 Å². The summed E-state index contributed by atoms with van der Waals surface area (Å²) in [6, 6.07) is 22.4. The highest BCUT2D eigenvalue weighted by molar-refractivity contribution is 5.82. The number of pyridine rings is 1. The van der Waals surface area contributed by atoms with Crippen LogP contribution < -0.4 is 0 Å². The Morgan fingerprint density at radius 3 is 2.65 bits per heavy atom. The molecule has 0 saturated carbocycles. The van der Waals surface area contributed by atoms with Gasteiger partial charge in [0.25, 0.3) is 0 Å². The molecule has 124 valence electrons. The van der Waals surface area contributed by atoms with Crippen molar-refractivity contribution in [1.82, 2.24) is 24.8 Å². The average molecular weight is 337 g/mol. The van der Waals surface area contributed by atoms with Crippen LogP contribution in [0.2, 0.25) is 0 Å². The lowest BCUT2D eigenvalue weighted by molar-refractivity contribution is 0.842. The first-order valence-corrected chi connectivity index (χ1v) is 8.46. The number of fused-ring (bicyclic) bond motifs is 2. The summed E-state index contributed by atoms with van der Waals surface area (Å²) in [4.78, 5) is 4.16. The normalized spacial score (nSPS) is 11.2. The lowest BCUT2D eigenvalue weighted by atomic mass is 10.1. The molecule has 26 heavy (non-hydrogen) atoms. The Bertz CT molecular complexity index is 1210. The Kier molecular flexibility index (Phi) is 3.42. The molecule has 5 nitrogen and oxygen atoms in total. The fraction of sp³-hybridized carbons (Fsp3) is 0.0476. The molecular formula is C21H15N5. The van der Waals surface area contributed by atoms with E-state index in [4.69, 9.17) is 5.10 Å². The maximum Gasteiger partial charge on any atom is 0.177 e. The van der Waals surface area contributed by atoms with Gasteiger partial charge < -0.3 is 0 Å². The number of nitrogens with zero attached hydrogens (tertiary/aromatic N) is 5. The molecule has 0 unspecified atom stereocenters. The highest BCUT2D eigenvalue weighted by Gasteiger charge is 2.10. The van der Waals surface area contributed by atoms with Crippen molar-refractivity contribution in [3.8, 4) is 11.3 Å². The Hall–Kier alpha value is -3.60. The van der Waals surface area contributed by atoms with Crippen molar-refractivity contribution in [3.63, 3.8) is 0 Å². The van der Waals surface area contributed by atoms with Crippen molar-refractivity contribution in [2.75, 3.05) is 0 Å². The van der Waals surface area contributed by atoms with E-state index in [9.17, 15) is 0 Å². The highest BCUT2D eigenvalue weighted by Crippen LogP contribution is 2.19. The molecule has 5 aromatic rings. The smallest absolute Gasteiger partial charge is 0.177 e. The fourth-order valence-corrected chi connectivity index (χ4v) is 3.13. The van der Waals surface area contributed by atoms with Crippen LogP contribution in [0.3, 0.4) is 0 Å². The lowest BCUT2D eigenvalue weighted by Gasteiger charge is -2.04. The van der Waals surface area contributed by atoms with E-state index in [1.54, 1.807) is 0 Å². The van der Waals surface area contributed by atoms with Gasteiger partial charge in [-0.3, -0.25) is 4.98 Å². The van der Waals surface area contributed by atoms with Crippen molar-refractivity contribution in [2.45, 2.75) is 6.42 Å². The lowest BCUT2D eigenvalue weighted by Crippen LogP contribution is -2.01. The summed E-state index contributed by atoms with van der Waals surface area (Å²) in [5.41, 5.74) is 3.91. The van der Waals surface area contributed by atoms with Crippen LogP contribution in [-0.4, -0.2) is 24.8 Å². The molecule has 0 N–H and O–H groups in total. The first kappa shape index (κ1) is 14.7. The summed E-state index contributed by atoms with van der Waals surface area (Å²) < 4.78 is 1.83. The van der Waals surface area contributed by atoms with Crippen LogP contribution in [-0.2, 0) is 6.42 Å². The zero-order valence-electron chi connectivity index (χ0n) is 13.9. The minimum absolute atomic E-state index is 0.671. The van der Waals surface area contributed by atoms with Gasteiger partial charge in [0.15, 0.2) is 11.5 Å². The van der Waals surface area contributed by atoms with Crippen molar-refractivity contribution in [2.24, 2.45) is 0 Å². The molecule has 5 heteroatoms. The first-order valence-electron chi connectivity index (χ1n) is 8.46. The standard InChI is InChI=1S/C21H15N5/c1-2-4-16(5-3-1)19-8-9-20-23-24-21(26(20)25-19)13-15-6-7-18-14-22-11-10-17(18)12-15/h1-12,14H,13H2. The van der Waals surface area contributed by atoms with Crippen LogP contribution in [0.15, 0.2) is 79.1 Å². The van der Waals surface area contributed by atoms with Crippen LogP contribution in [0.5, 0.6) is 0 Å². The second-order valence-electron chi connectivity index (χ2n) is 6.20. The van der Waals surface area contributed by atoms with E-state index in [1.807, 2.05) is 53.3 Å². The monoisotopic (exact) mass is 337 g/mol. The van der Waals surface area contributed by atoms with Gasteiger partial charge in [0, 0.05) is 29.8 Å². The third-order valence-corrected chi connectivity index (χ3v) is 4.46. The summed E-state index contributed by atoms with van der Waals surface area (Å²) in [6.45, 7) is 0. The Morgan fingerprint density at radius 2 is 1.73 bits per heavy atom. The van der Waals surface area contributed by atoms with E-state index in [0.29, 0.717) is 6.42 Å². The van der Waals surface area contributed by atoms with Crippen LogP contribution in [0.1, 0.15) is 11.4 Å². The van der Waals surface area contributed by atoms with Gasteiger partial charge in [0.2, 0.25) is 0 Å². The number of hydrogen-bond donors (Lipinski definition) is 0. The highest BCUT2D eigenvalue weighted by atomic mass is 15.4. The molecule has 0 spiro atoms.